The summed E-state index contributed by atoms with van der Waals surface area (Å²) in [5.74, 6) is -1.39. The van der Waals surface area contributed by atoms with Gasteiger partial charge in [0.15, 0.2) is 12.7 Å². The normalized spacial score (nSPS) is 11.4. The van der Waals surface area contributed by atoms with E-state index in [1.54, 1.807) is 18.2 Å². The van der Waals surface area contributed by atoms with Crippen LogP contribution in [-0.2, 0) is 14.3 Å². The maximum absolute atomic E-state index is 13.6. The number of carbonyl (C=O) groups excluding carboxylic acids is 2. The van der Waals surface area contributed by atoms with Crippen LogP contribution in [0.4, 0.5) is 10.1 Å². The smallest absolute Gasteiger partial charge is 0.344 e. The molecule has 0 aliphatic heterocycles. The van der Waals surface area contributed by atoms with Crippen molar-refractivity contribution in [1.29, 1.82) is 0 Å². The van der Waals surface area contributed by atoms with Crippen molar-refractivity contribution in [3.05, 3.63) is 84.7 Å². The fourth-order valence-corrected chi connectivity index (χ4v) is 2.60. The molecule has 0 spiro atoms. The van der Waals surface area contributed by atoms with Crippen LogP contribution < -0.4 is 10.1 Å². The van der Waals surface area contributed by atoms with Gasteiger partial charge >= 0.3 is 5.97 Å². The number of rotatable bonds is 7. The minimum absolute atomic E-state index is 0.0233. The molecule has 29 heavy (non-hydrogen) atoms. The van der Waals surface area contributed by atoms with E-state index in [0.29, 0.717) is 5.75 Å². The molecule has 0 aromatic heterocycles. The first-order valence-corrected chi connectivity index (χ1v) is 9.06. The highest BCUT2D eigenvalue weighted by Crippen LogP contribution is 2.22. The monoisotopic (exact) mass is 393 g/mol. The molecule has 148 valence electrons. The van der Waals surface area contributed by atoms with Gasteiger partial charge in [-0.2, -0.15) is 0 Å². The fraction of sp³-hybridized carbons (Fsp3) is 0.130. The number of hydrogen-bond acceptors (Lipinski definition) is 4. The van der Waals surface area contributed by atoms with Gasteiger partial charge in [-0.15, -0.1) is 0 Å². The first-order valence-electron chi connectivity index (χ1n) is 9.06. The quantitative estimate of drug-likeness (QED) is 0.603. The highest BCUT2D eigenvalue weighted by Gasteiger charge is 2.19. The lowest BCUT2D eigenvalue weighted by atomic mass is 10.1. The van der Waals surface area contributed by atoms with Crippen LogP contribution >= 0.6 is 0 Å². The number of para-hydroxylation sites is 1. The Morgan fingerprint density at radius 1 is 0.897 bits per heavy atom. The van der Waals surface area contributed by atoms with Gasteiger partial charge in [-0.25, -0.2) is 9.18 Å². The maximum atomic E-state index is 13.6. The third-order valence-electron chi connectivity index (χ3n) is 4.13. The Balaban J connectivity index is 1.48. The molecule has 0 unspecified atom stereocenters. The molecule has 3 aromatic carbocycles. The van der Waals surface area contributed by atoms with Crippen molar-refractivity contribution < 1.29 is 23.5 Å². The molecule has 0 heterocycles. The standard InChI is InChI=1S/C23H20FNO4/c1-16(23(27)25-21-10-6-5-9-20(21)24)29-22(26)15-28-19-13-11-18(12-14-19)17-7-3-2-4-8-17/h2-14,16H,15H2,1H3,(H,25,27)/t16-/m0/s1. The fourth-order valence-electron chi connectivity index (χ4n) is 2.60. The largest absolute Gasteiger partial charge is 0.482 e. The summed E-state index contributed by atoms with van der Waals surface area (Å²) < 4.78 is 24.0. The predicted molar refractivity (Wildman–Crippen MR) is 108 cm³/mol. The molecule has 0 aliphatic carbocycles. The van der Waals surface area contributed by atoms with Gasteiger partial charge < -0.3 is 14.8 Å². The first kappa shape index (κ1) is 20.1. The average Bonchev–Trinajstić information content (AvgIpc) is 2.75. The first-order chi connectivity index (χ1) is 14.0. The van der Waals surface area contributed by atoms with Gasteiger partial charge in [0.1, 0.15) is 11.6 Å². The van der Waals surface area contributed by atoms with Gasteiger partial charge in [-0.1, -0.05) is 54.6 Å². The molecule has 5 nitrogen and oxygen atoms in total. The lowest BCUT2D eigenvalue weighted by Crippen LogP contribution is -2.31. The van der Waals surface area contributed by atoms with Crippen LogP contribution in [0.15, 0.2) is 78.9 Å². The molecule has 0 radical (unpaired) electrons. The summed E-state index contributed by atoms with van der Waals surface area (Å²) in [6.45, 7) is 1.06. The molecule has 0 saturated carbocycles. The van der Waals surface area contributed by atoms with E-state index in [1.165, 1.54) is 25.1 Å². The van der Waals surface area contributed by atoms with Crippen molar-refractivity contribution in [3.8, 4) is 16.9 Å². The third kappa shape index (κ3) is 5.65. The summed E-state index contributed by atoms with van der Waals surface area (Å²) in [6.07, 6.45) is -1.09. The number of esters is 1. The number of ether oxygens (including phenoxy) is 2. The molecule has 6 heteroatoms. The topological polar surface area (TPSA) is 64.6 Å². The van der Waals surface area contributed by atoms with Crippen molar-refractivity contribution in [2.75, 3.05) is 11.9 Å². The highest BCUT2D eigenvalue weighted by molar-refractivity contribution is 5.95. The molecular formula is C23H20FNO4. The second-order valence-corrected chi connectivity index (χ2v) is 6.28. The Hall–Kier alpha value is -3.67. The van der Waals surface area contributed by atoms with Gasteiger partial charge in [0, 0.05) is 0 Å². The van der Waals surface area contributed by atoms with Gasteiger partial charge in [0.2, 0.25) is 0 Å². The zero-order valence-electron chi connectivity index (χ0n) is 15.8. The Morgan fingerprint density at radius 3 is 2.21 bits per heavy atom. The van der Waals surface area contributed by atoms with Crippen LogP contribution in [0.1, 0.15) is 6.92 Å². The van der Waals surface area contributed by atoms with Gasteiger partial charge in [0.25, 0.3) is 5.91 Å². The van der Waals surface area contributed by atoms with Crippen molar-refractivity contribution in [3.63, 3.8) is 0 Å². The number of carbonyl (C=O) groups is 2. The van der Waals surface area contributed by atoms with Gasteiger partial charge in [0.05, 0.1) is 5.69 Å². The zero-order chi connectivity index (χ0) is 20.6. The van der Waals surface area contributed by atoms with Crippen LogP contribution in [0, 0.1) is 5.82 Å². The lowest BCUT2D eigenvalue weighted by molar-refractivity contribution is -0.155. The minimum Gasteiger partial charge on any atom is -0.482 e. The van der Waals surface area contributed by atoms with Crippen molar-refractivity contribution in [2.24, 2.45) is 0 Å². The minimum atomic E-state index is -1.09. The molecular weight excluding hydrogens is 373 g/mol. The van der Waals surface area contributed by atoms with E-state index < -0.39 is 23.8 Å². The third-order valence-corrected chi connectivity index (χ3v) is 4.13. The van der Waals surface area contributed by atoms with Gasteiger partial charge in [-0.05, 0) is 42.3 Å². The molecule has 0 aliphatic rings. The molecule has 1 amide bonds. The summed E-state index contributed by atoms with van der Waals surface area (Å²) in [5, 5.41) is 2.38. The number of amides is 1. The van der Waals surface area contributed by atoms with E-state index in [2.05, 4.69) is 5.32 Å². The highest BCUT2D eigenvalue weighted by atomic mass is 19.1. The predicted octanol–water partition coefficient (Wildman–Crippen LogP) is 4.44. The SMILES string of the molecule is C[C@H](OC(=O)COc1ccc(-c2ccccc2)cc1)C(=O)Nc1ccccc1F. The number of hydrogen-bond donors (Lipinski definition) is 1. The molecule has 0 bridgehead atoms. The van der Waals surface area contributed by atoms with Crippen molar-refractivity contribution in [2.45, 2.75) is 13.0 Å². The number of halogens is 1. The van der Waals surface area contributed by atoms with Gasteiger partial charge in [-0.3, -0.25) is 4.79 Å². The van der Waals surface area contributed by atoms with E-state index in [-0.39, 0.29) is 12.3 Å². The van der Waals surface area contributed by atoms with Crippen molar-refractivity contribution in [1.82, 2.24) is 0 Å². The Labute approximate surface area is 168 Å². The van der Waals surface area contributed by atoms with E-state index in [9.17, 15) is 14.0 Å². The zero-order valence-corrected chi connectivity index (χ0v) is 15.8. The van der Waals surface area contributed by atoms with E-state index >= 15 is 0 Å². The summed E-state index contributed by atoms with van der Waals surface area (Å²) in [7, 11) is 0. The Bertz CT molecular complexity index is 974. The summed E-state index contributed by atoms with van der Waals surface area (Å²) in [6, 6.07) is 22.9. The average molecular weight is 393 g/mol. The Kier molecular flexibility index (Phi) is 6.58. The molecule has 0 saturated heterocycles. The van der Waals surface area contributed by atoms with E-state index in [1.807, 2.05) is 42.5 Å². The second-order valence-electron chi connectivity index (χ2n) is 6.28. The summed E-state index contributed by atoms with van der Waals surface area (Å²) >= 11 is 0. The van der Waals surface area contributed by atoms with Crippen LogP contribution in [0.5, 0.6) is 5.75 Å². The molecule has 3 rings (SSSR count). The lowest BCUT2D eigenvalue weighted by Gasteiger charge is -2.14. The molecule has 3 aromatic rings. The number of anilines is 1. The van der Waals surface area contributed by atoms with E-state index in [4.69, 9.17) is 9.47 Å². The van der Waals surface area contributed by atoms with Crippen LogP contribution in [0.25, 0.3) is 11.1 Å². The van der Waals surface area contributed by atoms with Crippen molar-refractivity contribution >= 4 is 17.6 Å². The second kappa shape index (κ2) is 9.50. The molecule has 1 atom stereocenters. The molecule has 1 N–H and O–H groups in total. The van der Waals surface area contributed by atoms with Crippen LogP contribution in [-0.4, -0.2) is 24.6 Å². The Morgan fingerprint density at radius 2 is 1.52 bits per heavy atom. The summed E-state index contributed by atoms with van der Waals surface area (Å²) in [5.41, 5.74) is 2.13. The molecule has 0 fully saturated rings. The van der Waals surface area contributed by atoms with Crippen LogP contribution in [0.2, 0.25) is 0 Å². The number of nitrogens with one attached hydrogen (secondary N) is 1. The number of benzene rings is 3. The maximum Gasteiger partial charge on any atom is 0.344 e. The van der Waals surface area contributed by atoms with Crippen LogP contribution in [0.3, 0.4) is 0 Å². The van der Waals surface area contributed by atoms with E-state index in [0.717, 1.165) is 11.1 Å². The summed E-state index contributed by atoms with van der Waals surface area (Å²) in [4.78, 5) is 24.0.